The number of amides is 1. The van der Waals surface area contributed by atoms with Crippen LogP contribution in [0.5, 0.6) is 5.75 Å². The van der Waals surface area contributed by atoms with E-state index in [4.69, 9.17) is 4.74 Å². The van der Waals surface area contributed by atoms with Crippen LogP contribution >= 0.6 is 0 Å². The summed E-state index contributed by atoms with van der Waals surface area (Å²) >= 11 is 0. The molecular weight excluding hydrogens is 326 g/mol. The lowest BCUT2D eigenvalue weighted by Gasteiger charge is -2.19. The van der Waals surface area contributed by atoms with Crippen molar-refractivity contribution >= 4 is 5.91 Å². The van der Waals surface area contributed by atoms with Crippen molar-refractivity contribution in [2.45, 2.75) is 18.9 Å². The molecule has 1 fully saturated rings. The van der Waals surface area contributed by atoms with E-state index in [-0.39, 0.29) is 11.9 Å². The topological polar surface area (TPSA) is 56.1 Å². The first kappa shape index (κ1) is 16.4. The van der Waals surface area contributed by atoms with E-state index in [1.54, 1.807) is 19.6 Å². The van der Waals surface area contributed by atoms with Crippen molar-refractivity contribution in [1.82, 2.24) is 14.9 Å². The SMILES string of the molecule is COc1ccc(C(NC(=O)c2ccc(-n3ccnc3)cc2)C2CC2)cc1. The van der Waals surface area contributed by atoms with Crippen molar-refractivity contribution in [3.8, 4) is 11.4 Å². The third kappa shape index (κ3) is 3.47. The minimum absolute atomic E-state index is 0.0433. The molecule has 1 atom stereocenters. The lowest BCUT2D eigenvalue weighted by Crippen LogP contribution is -2.29. The minimum Gasteiger partial charge on any atom is -0.497 e. The van der Waals surface area contributed by atoms with Crippen molar-refractivity contribution in [3.05, 3.63) is 78.4 Å². The van der Waals surface area contributed by atoms with Gasteiger partial charge >= 0.3 is 0 Å². The first-order valence-electron chi connectivity index (χ1n) is 8.78. The smallest absolute Gasteiger partial charge is 0.251 e. The largest absolute Gasteiger partial charge is 0.497 e. The molecule has 0 radical (unpaired) electrons. The second kappa shape index (κ2) is 7.04. The number of hydrogen-bond donors (Lipinski definition) is 1. The third-order valence-corrected chi connectivity index (χ3v) is 4.79. The van der Waals surface area contributed by atoms with E-state index < -0.39 is 0 Å². The molecule has 1 unspecified atom stereocenters. The monoisotopic (exact) mass is 347 g/mol. The molecule has 4 rings (SSSR count). The molecule has 132 valence electrons. The average Bonchev–Trinajstić information content (AvgIpc) is 3.39. The van der Waals surface area contributed by atoms with Gasteiger partial charge in [-0.1, -0.05) is 12.1 Å². The lowest BCUT2D eigenvalue weighted by atomic mass is 10.0. The average molecular weight is 347 g/mol. The van der Waals surface area contributed by atoms with Gasteiger partial charge in [0.2, 0.25) is 0 Å². The van der Waals surface area contributed by atoms with E-state index in [2.05, 4.69) is 10.3 Å². The standard InChI is InChI=1S/C21H21N3O2/c1-26-19-10-6-16(7-11-19)20(15-2-3-15)23-21(25)17-4-8-18(9-5-17)24-13-12-22-14-24/h4-15,20H,2-3H2,1H3,(H,23,25). The lowest BCUT2D eigenvalue weighted by molar-refractivity contribution is 0.0931. The van der Waals surface area contributed by atoms with Crippen molar-refractivity contribution in [2.75, 3.05) is 7.11 Å². The Morgan fingerprint density at radius 1 is 1.15 bits per heavy atom. The highest BCUT2D eigenvalue weighted by Gasteiger charge is 2.33. The van der Waals surface area contributed by atoms with Crippen molar-refractivity contribution in [3.63, 3.8) is 0 Å². The molecule has 26 heavy (non-hydrogen) atoms. The predicted molar refractivity (Wildman–Crippen MR) is 99.5 cm³/mol. The van der Waals surface area contributed by atoms with Crippen LogP contribution in [0.15, 0.2) is 67.3 Å². The Morgan fingerprint density at radius 2 is 1.88 bits per heavy atom. The van der Waals surface area contributed by atoms with Gasteiger partial charge in [-0.05, 0) is 60.7 Å². The quantitative estimate of drug-likeness (QED) is 0.739. The molecule has 1 aliphatic rings. The summed E-state index contributed by atoms with van der Waals surface area (Å²) in [7, 11) is 1.66. The highest BCUT2D eigenvalue weighted by Crippen LogP contribution is 2.41. The van der Waals surface area contributed by atoms with Gasteiger partial charge in [0.05, 0.1) is 19.5 Å². The van der Waals surface area contributed by atoms with Gasteiger partial charge in [0.1, 0.15) is 5.75 Å². The van der Waals surface area contributed by atoms with Crippen LogP contribution in [-0.2, 0) is 0 Å². The van der Waals surface area contributed by atoms with E-state index in [0.29, 0.717) is 11.5 Å². The van der Waals surface area contributed by atoms with Gasteiger partial charge < -0.3 is 14.6 Å². The number of hydrogen-bond acceptors (Lipinski definition) is 3. The van der Waals surface area contributed by atoms with Gasteiger partial charge in [0.25, 0.3) is 5.91 Å². The number of imidazole rings is 1. The van der Waals surface area contributed by atoms with Crippen LogP contribution in [0, 0.1) is 5.92 Å². The summed E-state index contributed by atoms with van der Waals surface area (Å²) in [4.78, 5) is 16.8. The molecule has 5 heteroatoms. The Bertz CT molecular complexity index is 867. The molecule has 5 nitrogen and oxygen atoms in total. The van der Waals surface area contributed by atoms with Crippen molar-refractivity contribution in [1.29, 1.82) is 0 Å². The highest BCUT2D eigenvalue weighted by atomic mass is 16.5. The fourth-order valence-electron chi connectivity index (χ4n) is 3.14. The molecule has 2 aromatic carbocycles. The summed E-state index contributed by atoms with van der Waals surface area (Å²) in [5.41, 5.74) is 2.76. The first-order chi connectivity index (χ1) is 12.7. The second-order valence-electron chi connectivity index (χ2n) is 6.58. The molecule has 1 aromatic heterocycles. The molecule has 3 aromatic rings. The summed E-state index contributed by atoms with van der Waals surface area (Å²) in [6.45, 7) is 0. The normalized spacial score (nSPS) is 14.7. The summed E-state index contributed by atoms with van der Waals surface area (Å²) in [5, 5.41) is 3.20. The molecule has 1 N–H and O–H groups in total. The zero-order valence-electron chi connectivity index (χ0n) is 14.6. The number of carbonyl (C=O) groups excluding carboxylic acids is 1. The van der Waals surface area contributed by atoms with E-state index in [1.165, 1.54) is 0 Å². The predicted octanol–water partition coefficient (Wildman–Crippen LogP) is 3.76. The maximum atomic E-state index is 12.7. The Hall–Kier alpha value is -3.08. The molecular formula is C21H21N3O2. The first-order valence-corrected chi connectivity index (χ1v) is 8.78. The highest BCUT2D eigenvalue weighted by molar-refractivity contribution is 5.94. The van der Waals surface area contributed by atoms with Crippen LogP contribution in [0.1, 0.15) is 34.8 Å². The van der Waals surface area contributed by atoms with Crippen LogP contribution < -0.4 is 10.1 Å². The molecule has 1 saturated carbocycles. The Kier molecular flexibility index (Phi) is 4.44. The van der Waals surface area contributed by atoms with Crippen molar-refractivity contribution < 1.29 is 9.53 Å². The number of methoxy groups -OCH3 is 1. The maximum Gasteiger partial charge on any atom is 0.251 e. The number of benzene rings is 2. The molecule has 0 spiro atoms. The maximum absolute atomic E-state index is 12.7. The fraction of sp³-hybridized carbons (Fsp3) is 0.238. The van der Waals surface area contributed by atoms with E-state index in [1.807, 2.05) is 59.3 Å². The number of carbonyl (C=O) groups is 1. The molecule has 0 saturated heterocycles. The summed E-state index contributed by atoms with van der Waals surface area (Å²) in [6, 6.07) is 15.5. The van der Waals surface area contributed by atoms with Gasteiger partial charge in [0, 0.05) is 23.6 Å². The molecule has 1 aliphatic carbocycles. The summed E-state index contributed by atoms with van der Waals surface area (Å²) in [6.07, 6.45) is 7.65. The van der Waals surface area contributed by atoms with E-state index in [0.717, 1.165) is 29.8 Å². The molecule has 0 bridgehead atoms. The second-order valence-corrected chi connectivity index (χ2v) is 6.58. The van der Waals surface area contributed by atoms with E-state index in [9.17, 15) is 4.79 Å². The Balaban J connectivity index is 1.49. The van der Waals surface area contributed by atoms with Crippen LogP contribution in [-0.4, -0.2) is 22.6 Å². The Morgan fingerprint density at radius 3 is 2.46 bits per heavy atom. The van der Waals surface area contributed by atoms with Crippen LogP contribution in [0.2, 0.25) is 0 Å². The minimum atomic E-state index is -0.0464. The molecule has 1 amide bonds. The van der Waals surface area contributed by atoms with E-state index >= 15 is 0 Å². The third-order valence-electron chi connectivity index (χ3n) is 4.79. The number of aromatic nitrogens is 2. The van der Waals surface area contributed by atoms with Gasteiger partial charge in [0.15, 0.2) is 0 Å². The van der Waals surface area contributed by atoms with Gasteiger partial charge in [-0.2, -0.15) is 0 Å². The summed E-state index contributed by atoms with van der Waals surface area (Å²) < 4.78 is 7.13. The summed E-state index contributed by atoms with van der Waals surface area (Å²) in [5.74, 6) is 1.29. The van der Waals surface area contributed by atoms with Gasteiger partial charge in [-0.3, -0.25) is 4.79 Å². The van der Waals surface area contributed by atoms with Gasteiger partial charge in [-0.25, -0.2) is 4.98 Å². The zero-order chi connectivity index (χ0) is 17.9. The molecule has 0 aliphatic heterocycles. The zero-order valence-corrected chi connectivity index (χ0v) is 14.6. The van der Waals surface area contributed by atoms with Crippen LogP contribution in [0.3, 0.4) is 0 Å². The molecule has 1 heterocycles. The number of ether oxygens (including phenoxy) is 1. The van der Waals surface area contributed by atoms with Gasteiger partial charge in [-0.15, -0.1) is 0 Å². The number of nitrogens with one attached hydrogen (secondary N) is 1. The number of rotatable bonds is 6. The van der Waals surface area contributed by atoms with Crippen LogP contribution in [0.4, 0.5) is 0 Å². The fourth-order valence-corrected chi connectivity index (χ4v) is 3.14. The Labute approximate surface area is 152 Å². The van der Waals surface area contributed by atoms with Crippen molar-refractivity contribution in [2.24, 2.45) is 5.92 Å². The number of nitrogens with zero attached hydrogens (tertiary/aromatic N) is 2. The van der Waals surface area contributed by atoms with Crippen LogP contribution in [0.25, 0.3) is 5.69 Å².